The smallest absolute Gasteiger partial charge is 0.142 e. The molecule has 130 valence electrons. The van der Waals surface area contributed by atoms with Crippen molar-refractivity contribution in [1.82, 2.24) is 0 Å². The molecule has 8 N–H and O–H groups in total. The van der Waals surface area contributed by atoms with E-state index in [-0.39, 0.29) is 25.6 Å². The molecule has 0 radical (unpaired) electrons. The summed E-state index contributed by atoms with van der Waals surface area (Å²) in [7, 11) is 0. The van der Waals surface area contributed by atoms with Gasteiger partial charge in [0.05, 0.1) is 12.3 Å². The Morgan fingerprint density at radius 3 is 2.54 bits per heavy atom. The summed E-state index contributed by atoms with van der Waals surface area (Å²) in [4.78, 5) is 0. The molecular formula is C17H23ClN4O2. The highest BCUT2D eigenvalue weighted by Crippen LogP contribution is 2.25. The Bertz CT molecular complexity index is 692. The minimum Gasteiger partial charge on any atom is -0.489 e. The predicted molar refractivity (Wildman–Crippen MR) is 103 cm³/mol. The van der Waals surface area contributed by atoms with E-state index in [1.165, 1.54) is 0 Å². The Morgan fingerprint density at radius 1 is 1.04 bits per heavy atom. The van der Waals surface area contributed by atoms with Crippen molar-refractivity contribution < 1.29 is 9.84 Å². The van der Waals surface area contributed by atoms with Crippen molar-refractivity contribution in [1.29, 1.82) is 0 Å². The summed E-state index contributed by atoms with van der Waals surface area (Å²) in [5.74, 6) is 0.563. The fourth-order valence-corrected chi connectivity index (χ4v) is 2.05. The standard InChI is InChI=1S/C17H22N4O2.ClH/c18-13-3-5-15(19)12(10-13)2-1-7-21-14-4-6-17(16(20)11-14)23-9-8-22;/h1-6,10-11,21-22H,7-9,18-20H2;1H. The quantitative estimate of drug-likeness (QED) is 0.489. The lowest BCUT2D eigenvalue weighted by Gasteiger charge is -2.10. The number of nitrogens with one attached hydrogen (secondary N) is 1. The van der Waals surface area contributed by atoms with Crippen LogP contribution in [-0.4, -0.2) is 24.9 Å². The highest BCUT2D eigenvalue weighted by atomic mass is 35.5. The van der Waals surface area contributed by atoms with Gasteiger partial charge >= 0.3 is 0 Å². The van der Waals surface area contributed by atoms with Crippen LogP contribution in [0.3, 0.4) is 0 Å². The van der Waals surface area contributed by atoms with Crippen LogP contribution >= 0.6 is 12.4 Å². The zero-order valence-electron chi connectivity index (χ0n) is 13.2. The lowest BCUT2D eigenvalue weighted by molar-refractivity contribution is 0.202. The molecule has 2 rings (SSSR count). The van der Waals surface area contributed by atoms with Gasteiger partial charge in [-0.15, -0.1) is 12.4 Å². The maximum absolute atomic E-state index is 8.74. The molecular weight excluding hydrogens is 328 g/mol. The zero-order valence-corrected chi connectivity index (χ0v) is 14.1. The minimum atomic E-state index is -0.0443. The second-order valence-electron chi connectivity index (χ2n) is 5.00. The highest BCUT2D eigenvalue weighted by molar-refractivity contribution is 5.85. The van der Waals surface area contributed by atoms with Crippen molar-refractivity contribution in [2.45, 2.75) is 0 Å². The molecule has 0 fully saturated rings. The number of nitrogen functional groups attached to an aromatic ring is 3. The summed E-state index contributed by atoms with van der Waals surface area (Å²) in [5.41, 5.74) is 21.2. The summed E-state index contributed by atoms with van der Waals surface area (Å²) in [6, 6.07) is 10.8. The van der Waals surface area contributed by atoms with Gasteiger partial charge in [0.25, 0.3) is 0 Å². The third-order valence-corrected chi connectivity index (χ3v) is 3.19. The van der Waals surface area contributed by atoms with E-state index in [9.17, 15) is 0 Å². The predicted octanol–water partition coefficient (Wildman–Crippen LogP) is 2.35. The number of aliphatic hydroxyl groups is 1. The van der Waals surface area contributed by atoms with Crippen LogP contribution in [0.25, 0.3) is 6.08 Å². The molecule has 0 saturated carbocycles. The van der Waals surface area contributed by atoms with Crippen molar-refractivity contribution in [3.63, 3.8) is 0 Å². The molecule has 6 nitrogen and oxygen atoms in total. The third kappa shape index (κ3) is 5.57. The van der Waals surface area contributed by atoms with Gasteiger partial charge in [-0.2, -0.15) is 0 Å². The second-order valence-corrected chi connectivity index (χ2v) is 5.00. The fourth-order valence-electron chi connectivity index (χ4n) is 2.05. The van der Waals surface area contributed by atoms with Gasteiger partial charge in [-0.05, 0) is 42.0 Å². The van der Waals surface area contributed by atoms with Crippen molar-refractivity contribution in [3.8, 4) is 5.75 Å². The molecule has 0 amide bonds. The molecule has 0 aliphatic carbocycles. The second kappa shape index (κ2) is 9.54. The topological polar surface area (TPSA) is 120 Å². The van der Waals surface area contributed by atoms with Gasteiger partial charge in [-0.1, -0.05) is 12.2 Å². The SMILES string of the molecule is Cl.Nc1ccc(N)c(C=CCNc2ccc(OCCO)c(N)c2)c1. The van der Waals surface area contributed by atoms with E-state index < -0.39 is 0 Å². The summed E-state index contributed by atoms with van der Waals surface area (Å²) < 4.78 is 5.31. The lowest BCUT2D eigenvalue weighted by atomic mass is 10.1. The van der Waals surface area contributed by atoms with Crippen LogP contribution in [0.1, 0.15) is 5.56 Å². The van der Waals surface area contributed by atoms with Gasteiger partial charge in [-0.3, -0.25) is 0 Å². The van der Waals surface area contributed by atoms with Crippen molar-refractivity contribution in [2.75, 3.05) is 42.3 Å². The van der Waals surface area contributed by atoms with E-state index in [2.05, 4.69) is 5.32 Å². The fraction of sp³-hybridized carbons (Fsp3) is 0.176. The van der Waals surface area contributed by atoms with Gasteiger partial charge in [0.2, 0.25) is 0 Å². The number of hydrogen-bond donors (Lipinski definition) is 5. The number of hydrogen-bond acceptors (Lipinski definition) is 6. The average Bonchev–Trinajstić information content (AvgIpc) is 2.54. The summed E-state index contributed by atoms with van der Waals surface area (Å²) in [5, 5.41) is 12.0. The van der Waals surface area contributed by atoms with Gasteiger partial charge in [-0.25, -0.2) is 0 Å². The van der Waals surface area contributed by atoms with Crippen LogP contribution in [0.15, 0.2) is 42.5 Å². The Hall–Kier alpha value is -2.57. The monoisotopic (exact) mass is 350 g/mol. The van der Waals surface area contributed by atoms with Crippen LogP contribution in [-0.2, 0) is 0 Å². The normalized spacial score (nSPS) is 10.4. The molecule has 0 heterocycles. The first-order valence-electron chi connectivity index (χ1n) is 7.28. The molecule has 2 aromatic rings. The molecule has 2 aromatic carbocycles. The summed E-state index contributed by atoms with van der Waals surface area (Å²) in [6.07, 6.45) is 3.87. The van der Waals surface area contributed by atoms with Crippen LogP contribution in [0.4, 0.5) is 22.7 Å². The van der Waals surface area contributed by atoms with Crippen LogP contribution in [0, 0.1) is 0 Å². The maximum Gasteiger partial charge on any atom is 0.142 e. The largest absolute Gasteiger partial charge is 0.489 e. The van der Waals surface area contributed by atoms with Gasteiger partial charge < -0.3 is 32.4 Å². The van der Waals surface area contributed by atoms with E-state index >= 15 is 0 Å². The van der Waals surface area contributed by atoms with Crippen molar-refractivity contribution >= 4 is 41.2 Å². The van der Waals surface area contributed by atoms with Crippen LogP contribution in [0.5, 0.6) is 5.75 Å². The zero-order chi connectivity index (χ0) is 16.7. The Balaban J connectivity index is 0.00000288. The molecule has 0 spiro atoms. The molecule has 0 saturated heterocycles. The summed E-state index contributed by atoms with van der Waals surface area (Å²) >= 11 is 0. The van der Waals surface area contributed by atoms with Crippen molar-refractivity contribution in [2.24, 2.45) is 0 Å². The first-order valence-corrected chi connectivity index (χ1v) is 7.28. The highest BCUT2D eigenvalue weighted by Gasteiger charge is 2.01. The first kappa shape index (κ1) is 19.5. The molecule has 0 atom stereocenters. The average molecular weight is 351 g/mol. The molecule has 24 heavy (non-hydrogen) atoms. The number of benzene rings is 2. The third-order valence-electron chi connectivity index (χ3n) is 3.19. The number of anilines is 4. The molecule has 0 unspecified atom stereocenters. The van der Waals surface area contributed by atoms with Crippen LogP contribution in [0.2, 0.25) is 0 Å². The Labute approximate surface area is 147 Å². The number of rotatable bonds is 7. The summed E-state index contributed by atoms with van der Waals surface area (Å²) in [6.45, 7) is 0.795. The molecule has 0 aliphatic heterocycles. The van der Waals surface area contributed by atoms with Crippen LogP contribution < -0.4 is 27.3 Å². The molecule has 7 heteroatoms. The van der Waals surface area contributed by atoms with Gasteiger partial charge in [0.1, 0.15) is 12.4 Å². The van der Waals surface area contributed by atoms with E-state index in [0.717, 1.165) is 11.3 Å². The van der Waals surface area contributed by atoms with Crippen molar-refractivity contribution in [3.05, 3.63) is 48.0 Å². The lowest BCUT2D eigenvalue weighted by Crippen LogP contribution is -2.05. The number of ether oxygens (including phenoxy) is 1. The van der Waals surface area contributed by atoms with Gasteiger partial charge in [0.15, 0.2) is 0 Å². The Kier molecular flexibility index (Phi) is 7.74. The van der Waals surface area contributed by atoms with E-state index in [0.29, 0.717) is 29.4 Å². The Morgan fingerprint density at radius 2 is 1.83 bits per heavy atom. The number of aliphatic hydroxyl groups excluding tert-OH is 1. The maximum atomic E-state index is 8.74. The minimum absolute atomic E-state index is 0. The molecule has 0 bridgehead atoms. The number of halogens is 1. The van der Waals surface area contributed by atoms with E-state index in [1.54, 1.807) is 24.3 Å². The van der Waals surface area contributed by atoms with E-state index in [1.807, 2.05) is 24.3 Å². The molecule has 0 aromatic heterocycles. The van der Waals surface area contributed by atoms with E-state index in [4.69, 9.17) is 27.0 Å². The first-order chi connectivity index (χ1) is 11.1. The number of nitrogens with two attached hydrogens (primary N) is 3. The van der Waals surface area contributed by atoms with Gasteiger partial charge in [0, 0.05) is 23.6 Å². The molecule has 0 aliphatic rings.